The molecule has 130 valence electrons. The van der Waals surface area contributed by atoms with Gasteiger partial charge in [0.25, 0.3) is 0 Å². The molecule has 0 aliphatic carbocycles. The first-order chi connectivity index (χ1) is 10.9. The van der Waals surface area contributed by atoms with Crippen molar-refractivity contribution in [1.82, 2.24) is 0 Å². The van der Waals surface area contributed by atoms with E-state index < -0.39 is 0 Å². The minimum Gasteiger partial charge on any atom is -0.497 e. The van der Waals surface area contributed by atoms with E-state index in [0.717, 1.165) is 15.9 Å². The van der Waals surface area contributed by atoms with Crippen LogP contribution in [0.3, 0.4) is 0 Å². The van der Waals surface area contributed by atoms with Crippen molar-refractivity contribution in [2.75, 3.05) is 19.0 Å². The summed E-state index contributed by atoms with van der Waals surface area (Å²) in [5.74, 6) is 1.21. The van der Waals surface area contributed by atoms with E-state index in [2.05, 4.69) is 52.2 Å². The van der Waals surface area contributed by atoms with E-state index in [4.69, 9.17) is 10.5 Å². The van der Waals surface area contributed by atoms with Crippen LogP contribution < -0.4 is 15.8 Å². The molecule has 0 aliphatic heterocycles. The van der Waals surface area contributed by atoms with Gasteiger partial charge in [-0.2, -0.15) is 0 Å². The molecule has 24 heavy (non-hydrogen) atoms. The highest BCUT2D eigenvalue weighted by atomic mass is 127. The average Bonchev–Trinajstić information content (AvgIpc) is 2.54. The maximum absolute atomic E-state index is 5.99. The first-order valence-electron chi connectivity index (χ1n) is 7.38. The molecular formula is C18H23BrIN3O. The van der Waals surface area contributed by atoms with Gasteiger partial charge in [0.2, 0.25) is 0 Å². The van der Waals surface area contributed by atoms with E-state index in [9.17, 15) is 0 Å². The SMILES string of the molecule is COc1ccc(NC(N)=NCC(C)(C)c2cccc(Br)c2)cc1.I. The van der Waals surface area contributed by atoms with Crippen molar-refractivity contribution < 1.29 is 4.74 Å². The van der Waals surface area contributed by atoms with Gasteiger partial charge >= 0.3 is 0 Å². The fourth-order valence-corrected chi connectivity index (χ4v) is 2.54. The highest BCUT2D eigenvalue weighted by molar-refractivity contribution is 14.0. The van der Waals surface area contributed by atoms with Crippen LogP contribution in [0.1, 0.15) is 19.4 Å². The highest BCUT2D eigenvalue weighted by Crippen LogP contribution is 2.26. The molecule has 2 rings (SSSR count). The van der Waals surface area contributed by atoms with Crippen LogP contribution >= 0.6 is 39.9 Å². The second kappa shape index (κ2) is 9.27. The van der Waals surface area contributed by atoms with Crippen molar-refractivity contribution in [2.24, 2.45) is 10.7 Å². The number of methoxy groups -OCH3 is 1. The van der Waals surface area contributed by atoms with Crippen LogP contribution in [0.4, 0.5) is 5.69 Å². The van der Waals surface area contributed by atoms with Gasteiger partial charge in [0.1, 0.15) is 5.75 Å². The number of nitrogens with one attached hydrogen (secondary N) is 1. The molecule has 0 radical (unpaired) electrons. The molecule has 0 aromatic heterocycles. The zero-order valence-electron chi connectivity index (χ0n) is 14.0. The normalized spacial score (nSPS) is 11.6. The predicted molar refractivity (Wildman–Crippen MR) is 116 cm³/mol. The minimum atomic E-state index is -0.101. The summed E-state index contributed by atoms with van der Waals surface area (Å²) >= 11 is 3.51. The lowest BCUT2D eigenvalue weighted by Gasteiger charge is -2.23. The zero-order chi connectivity index (χ0) is 16.9. The van der Waals surface area contributed by atoms with Crippen LogP contribution in [0.2, 0.25) is 0 Å². The summed E-state index contributed by atoms with van der Waals surface area (Å²) < 4.78 is 6.20. The van der Waals surface area contributed by atoms with Gasteiger partial charge < -0.3 is 15.8 Å². The smallest absolute Gasteiger partial charge is 0.193 e. The van der Waals surface area contributed by atoms with E-state index in [1.807, 2.05) is 36.4 Å². The first-order valence-corrected chi connectivity index (χ1v) is 8.17. The Kier molecular flexibility index (Phi) is 8.02. The molecule has 6 heteroatoms. The Morgan fingerprint density at radius 1 is 1.21 bits per heavy atom. The summed E-state index contributed by atoms with van der Waals surface area (Å²) in [6, 6.07) is 15.8. The van der Waals surface area contributed by atoms with E-state index in [0.29, 0.717) is 12.5 Å². The maximum Gasteiger partial charge on any atom is 0.193 e. The monoisotopic (exact) mass is 503 g/mol. The molecule has 0 bridgehead atoms. The number of halogens is 2. The molecule has 0 saturated heterocycles. The number of aliphatic imine (C=N–C) groups is 1. The third kappa shape index (κ3) is 5.98. The summed E-state index contributed by atoms with van der Waals surface area (Å²) in [4.78, 5) is 4.48. The molecule has 0 aliphatic rings. The fraction of sp³-hybridized carbons (Fsp3) is 0.278. The molecule has 0 amide bonds. The lowest BCUT2D eigenvalue weighted by atomic mass is 9.85. The molecule has 0 spiro atoms. The minimum absolute atomic E-state index is 0. The van der Waals surface area contributed by atoms with Crippen molar-refractivity contribution in [3.8, 4) is 5.75 Å². The number of anilines is 1. The molecule has 0 saturated carbocycles. The Morgan fingerprint density at radius 3 is 2.46 bits per heavy atom. The van der Waals surface area contributed by atoms with Crippen molar-refractivity contribution >= 4 is 51.6 Å². The Balaban J connectivity index is 0.00000288. The molecule has 0 heterocycles. The second-order valence-corrected chi connectivity index (χ2v) is 6.86. The summed E-state index contributed by atoms with van der Waals surface area (Å²) in [6.45, 7) is 4.90. The largest absolute Gasteiger partial charge is 0.497 e. The molecule has 0 unspecified atom stereocenters. The number of nitrogens with zero attached hydrogens (tertiary/aromatic N) is 1. The van der Waals surface area contributed by atoms with E-state index in [1.54, 1.807) is 7.11 Å². The van der Waals surface area contributed by atoms with Crippen molar-refractivity contribution in [1.29, 1.82) is 0 Å². The summed E-state index contributed by atoms with van der Waals surface area (Å²) in [6.07, 6.45) is 0. The van der Waals surface area contributed by atoms with Crippen LogP contribution in [-0.4, -0.2) is 19.6 Å². The van der Waals surface area contributed by atoms with Gasteiger partial charge in [-0.1, -0.05) is 41.9 Å². The van der Waals surface area contributed by atoms with Gasteiger partial charge in [0.15, 0.2) is 5.96 Å². The van der Waals surface area contributed by atoms with Crippen LogP contribution in [0.25, 0.3) is 0 Å². The summed E-state index contributed by atoms with van der Waals surface area (Å²) in [7, 11) is 1.64. The third-order valence-corrected chi connectivity index (χ3v) is 4.11. The number of guanidine groups is 1. The highest BCUT2D eigenvalue weighted by Gasteiger charge is 2.20. The molecule has 2 aromatic rings. The van der Waals surface area contributed by atoms with E-state index in [-0.39, 0.29) is 29.4 Å². The molecular weight excluding hydrogens is 481 g/mol. The molecule has 4 nitrogen and oxygen atoms in total. The lowest BCUT2D eigenvalue weighted by Crippen LogP contribution is -2.27. The van der Waals surface area contributed by atoms with Crippen molar-refractivity contribution in [3.63, 3.8) is 0 Å². The number of hydrogen-bond acceptors (Lipinski definition) is 2. The Labute approximate surface area is 169 Å². The number of benzene rings is 2. The van der Waals surface area contributed by atoms with E-state index in [1.165, 1.54) is 5.56 Å². The van der Waals surface area contributed by atoms with Crippen molar-refractivity contribution in [3.05, 3.63) is 58.6 Å². The zero-order valence-corrected chi connectivity index (χ0v) is 18.0. The molecule has 0 fully saturated rings. The van der Waals surface area contributed by atoms with Crippen molar-refractivity contribution in [2.45, 2.75) is 19.3 Å². The number of hydrogen-bond donors (Lipinski definition) is 2. The van der Waals surface area contributed by atoms with Crippen LogP contribution in [0.15, 0.2) is 58.0 Å². The molecule has 3 N–H and O–H groups in total. The Morgan fingerprint density at radius 2 is 1.88 bits per heavy atom. The topological polar surface area (TPSA) is 59.6 Å². The lowest BCUT2D eigenvalue weighted by molar-refractivity contribution is 0.415. The Hall–Kier alpha value is -1.28. The molecule has 2 aromatic carbocycles. The number of rotatable bonds is 5. The van der Waals surface area contributed by atoms with Crippen LogP contribution in [0, 0.1) is 0 Å². The Bertz CT molecular complexity index is 687. The average molecular weight is 504 g/mol. The van der Waals surface area contributed by atoms with Gasteiger partial charge in [0.05, 0.1) is 13.7 Å². The number of nitrogens with two attached hydrogens (primary N) is 1. The van der Waals surface area contributed by atoms with Gasteiger partial charge in [-0.3, -0.25) is 4.99 Å². The predicted octanol–water partition coefficient (Wildman–Crippen LogP) is 4.78. The van der Waals surface area contributed by atoms with E-state index >= 15 is 0 Å². The summed E-state index contributed by atoms with van der Waals surface area (Å²) in [5, 5.41) is 3.09. The quantitative estimate of drug-likeness (QED) is 0.350. The van der Waals surface area contributed by atoms with Gasteiger partial charge in [-0.25, -0.2) is 0 Å². The van der Waals surface area contributed by atoms with Crippen LogP contribution in [-0.2, 0) is 5.41 Å². The summed E-state index contributed by atoms with van der Waals surface area (Å²) in [5.41, 5.74) is 7.99. The van der Waals surface area contributed by atoms with Gasteiger partial charge in [0, 0.05) is 15.6 Å². The fourth-order valence-electron chi connectivity index (χ4n) is 2.15. The first kappa shape index (κ1) is 20.8. The second-order valence-electron chi connectivity index (χ2n) is 5.95. The van der Waals surface area contributed by atoms with Gasteiger partial charge in [-0.15, -0.1) is 24.0 Å². The standard InChI is InChI=1S/C18H22BrN3O.HI/c1-18(2,13-5-4-6-14(19)11-13)12-21-17(20)22-15-7-9-16(23-3)10-8-15;/h4-11H,12H2,1-3H3,(H3,20,21,22);1H. The maximum atomic E-state index is 5.99. The third-order valence-electron chi connectivity index (χ3n) is 3.61. The van der Waals surface area contributed by atoms with Gasteiger partial charge in [-0.05, 0) is 42.0 Å². The molecule has 0 atom stereocenters. The number of ether oxygens (including phenoxy) is 1. The van der Waals surface area contributed by atoms with Crippen LogP contribution in [0.5, 0.6) is 5.75 Å².